The number of aromatic nitrogens is 2. The van der Waals surface area contributed by atoms with E-state index in [2.05, 4.69) is 5.10 Å². The Bertz CT molecular complexity index is 1060. The molecule has 29 heavy (non-hydrogen) atoms. The molecule has 1 atom stereocenters. The zero-order chi connectivity index (χ0) is 20.5. The van der Waals surface area contributed by atoms with Crippen molar-refractivity contribution in [3.8, 4) is 5.69 Å². The second-order valence-electron chi connectivity index (χ2n) is 7.31. The van der Waals surface area contributed by atoms with Crippen molar-refractivity contribution < 1.29 is 18.7 Å². The summed E-state index contributed by atoms with van der Waals surface area (Å²) in [6, 6.07) is 7.93. The predicted octanol–water partition coefficient (Wildman–Crippen LogP) is 4.09. The SMILES string of the molecule is Cc1nn(-c2ccc(F)cc2)c2sc(C(=O)OCC(=O)N3CCCC[C@@H]3C)cc12. The molecule has 4 rings (SSSR count). The number of hydrogen-bond acceptors (Lipinski definition) is 5. The van der Waals surface area contributed by atoms with Crippen LogP contribution in [0.5, 0.6) is 0 Å². The Morgan fingerprint density at radius 1 is 1.28 bits per heavy atom. The number of aryl methyl sites for hydroxylation is 1. The number of carbonyl (C=O) groups excluding carboxylic acids is 2. The fraction of sp³-hybridized carbons (Fsp3) is 0.381. The maximum Gasteiger partial charge on any atom is 0.348 e. The molecular formula is C21H22FN3O3S. The molecule has 8 heteroatoms. The minimum absolute atomic E-state index is 0.152. The molecule has 1 fully saturated rings. The van der Waals surface area contributed by atoms with E-state index in [1.807, 2.05) is 13.8 Å². The molecule has 0 saturated carbocycles. The quantitative estimate of drug-likeness (QED) is 0.602. The summed E-state index contributed by atoms with van der Waals surface area (Å²) in [6.45, 7) is 4.34. The fourth-order valence-electron chi connectivity index (χ4n) is 3.66. The lowest BCUT2D eigenvalue weighted by molar-refractivity contribution is -0.137. The number of carbonyl (C=O) groups is 2. The Balaban J connectivity index is 1.50. The summed E-state index contributed by atoms with van der Waals surface area (Å²) in [6.07, 6.45) is 3.09. The van der Waals surface area contributed by atoms with E-state index < -0.39 is 5.97 Å². The number of thiophene rings is 1. The molecule has 1 aliphatic heterocycles. The van der Waals surface area contributed by atoms with Crippen LogP contribution in [0, 0.1) is 12.7 Å². The predicted molar refractivity (Wildman–Crippen MR) is 109 cm³/mol. The molecule has 0 N–H and O–H groups in total. The molecule has 1 aliphatic rings. The third-order valence-corrected chi connectivity index (χ3v) is 6.36. The number of nitrogens with zero attached hydrogens (tertiary/aromatic N) is 3. The monoisotopic (exact) mass is 415 g/mol. The molecule has 2 aromatic heterocycles. The van der Waals surface area contributed by atoms with Crippen molar-refractivity contribution in [3.63, 3.8) is 0 Å². The van der Waals surface area contributed by atoms with E-state index in [4.69, 9.17) is 4.74 Å². The molecule has 1 aromatic carbocycles. The third kappa shape index (κ3) is 3.89. The zero-order valence-electron chi connectivity index (χ0n) is 16.4. The van der Waals surface area contributed by atoms with Gasteiger partial charge < -0.3 is 9.64 Å². The van der Waals surface area contributed by atoms with Crippen LogP contribution in [-0.4, -0.2) is 45.8 Å². The summed E-state index contributed by atoms with van der Waals surface area (Å²) < 4.78 is 20.2. The van der Waals surface area contributed by atoms with Gasteiger partial charge in [0.05, 0.1) is 11.4 Å². The first-order valence-electron chi connectivity index (χ1n) is 9.66. The van der Waals surface area contributed by atoms with Gasteiger partial charge in [0, 0.05) is 18.0 Å². The highest BCUT2D eigenvalue weighted by Gasteiger charge is 2.25. The molecule has 0 unspecified atom stereocenters. The van der Waals surface area contributed by atoms with Gasteiger partial charge >= 0.3 is 5.97 Å². The van der Waals surface area contributed by atoms with Gasteiger partial charge in [0.15, 0.2) is 6.61 Å². The Morgan fingerprint density at radius 3 is 2.76 bits per heavy atom. The van der Waals surface area contributed by atoms with Crippen LogP contribution in [0.3, 0.4) is 0 Å². The van der Waals surface area contributed by atoms with Crippen LogP contribution in [0.1, 0.15) is 41.6 Å². The highest BCUT2D eigenvalue weighted by Crippen LogP contribution is 2.31. The Labute approximate surface area is 171 Å². The minimum Gasteiger partial charge on any atom is -0.451 e. The smallest absolute Gasteiger partial charge is 0.348 e. The van der Waals surface area contributed by atoms with Gasteiger partial charge in [0.25, 0.3) is 5.91 Å². The lowest BCUT2D eigenvalue weighted by Crippen LogP contribution is -2.44. The number of ether oxygens (including phenoxy) is 1. The van der Waals surface area contributed by atoms with E-state index in [0.29, 0.717) is 17.1 Å². The number of rotatable bonds is 4. The molecule has 1 amide bonds. The van der Waals surface area contributed by atoms with E-state index in [1.54, 1.807) is 27.8 Å². The molecular weight excluding hydrogens is 393 g/mol. The molecule has 0 radical (unpaired) electrons. The fourth-order valence-corrected chi connectivity index (χ4v) is 4.73. The van der Waals surface area contributed by atoms with Crippen LogP contribution in [-0.2, 0) is 9.53 Å². The first-order chi connectivity index (χ1) is 13.9. The topological polar surface area (TPSA) is 64.4 Å². The molecule has 0 spiro atoms. The first-order valence-corrected chi connectivity index (χ1v) is 10.5. The van der Waals surface area contributed by atoms with Gasteiger partial charge in [-0.3, -0.25) is 4.79 Å². The molecule has 0 bridgehead atoms. The standard InChI is InChI=1S/C21H22FN3O3S/c1-13-5-3-4-10-24(13)19(26)12-28-21(27)18-11-17-14(2)23-25(20(17)29-18)16-8-6-15(22)7-9-16/h6-9,11,13H,3-5,10,12H2,1-2H3/t13-/m0/s1. The summed E-state index contributed by atoms with van der Waals surface area (Å²) >= 11 is 1.25. The Kier molecular flexibility index (Phi) is 5.36. The number of benzene rings is 1. The Hall–Kier alpha value is -2.74. The third-order valence-electron chi connectivity index (χ3n) is 5.27. The maximum absolute atomic E-state index is 13.2. The van der Waals surface area contributed by atoms with Gasteiger partial charge in [0.1, 0.15) is 15.5 Å². The number of halogens is 1. The van der Waals surface area contributed by atoms with Gasteiger partial charge in [0.2, 0.25) is 0 Å². The van der Waals surface area contributed by atoms with Crippen molar-refractivity contribution in [1.29, 1.82) is 0 Å². The van der Waals surface area contributed by atoms with Crippen LogP contribution in [0.4, 0.5) is 4.39 Å². The average molecular weight is 415 g/mol. The lowest BCUT2D eigenvalue weighted by atomic mass is 10.0. The number of hydrogen-bond donors (Lipinski definition) is 0. The number of piperidine rings is 1. The normalized spacial score (nSPS) is 16.9. The van der Waals surface area contributed by atoms with Crippen molar-refractivity contribution in [2.45, 2.75) is 39.2 Å². The van der Waals surface area contributed by atoms with Gasteiger partial charge in [-0.15, -0.1) is 11.3 Å². The molecule has 152 valence electrons. The second kappa shape index (κ2) is 7.94. The average Bonchev–Trinajstić information content (AvgIpc) is 3.28. The van der Waals surface area contributed by atoms with Gasteiger partial charge in [-0.2, -0.15) is 5.10 Å². The lowest BCUT2D eigenvalue weighted by Gasteiger charge is -2.33. The molecule has 3 aromatic rings. The molecule has 3 heterocycles. The van der Waals surface area contributed by atoms with E-state index in [-0.39, 0.29) is 24.4 Å². The van der Waals surface area contributed by atoms with Crippen molar-refractivity contribution in [1.82, 2.24) is 14.7 Å². The summed E-state index contributed by atoms with van der Waals surface area (Å²) in [5.74, 6) is -0.994. The summed E-state index contributed by atoms with van der Waals surface area (Å²) in [5, 5.41) is 5.32. The van der Waals surface area contributed by atoms with Crippen molar-refractivity contribution >= 4 is 33.4 Å². The van der Waals surface area contributed by atoms with Gasteiger partial charge in [-0.25, -0.2) is 13.9 Å². The molecule has 1 saturated heterocycles. The van der Waals surface area contributed by atoms with E-state index in [9.17, 15) is 14.0 Å². The largest absolute Gasteiger partial charge is 0.451 e. The van der Waals surface area contributed by atoms with E-state index in [0.717, 1.165) is 35.2 Å². The van der Waals surface area contributed by atoms with Crippen LogP contribution >= 0.6 is 11.3 Å². The summed E-state index contributed by atoms with van der Waals surface area (Å²) in [5.41, 5.74) is 1.47. The molecule has 0 aliphatic carbocycles. The highest BCUT2D eigenvalue weighted by molar-refractivity contribution is 7.20. The number of fused-ring (bicyclic) bond motifs is 1. The van der Waals surface area contributed by atoms with Crippen LogP contribution in [0.2, 0.25) is 0 Å². The van der Waals surface area contributed by atoms with Crippen molar-refractivity contribution in [2.75, 3.05) is 13.2 Å². The second-order valence-corrected chi connectivity index (χ2v) is 8.34. The number of amides is 1. The van der Waals surface area contributed by atoms with Crippen LogP contribution < -0.4 is 0 Å². The number of likely N-dealkylation sites (tertiary alicyclic amines) is 1. The summed E-state index contributed by atoms with van der Waals surface area (Å²) in [7, 11) is 0. The number of esters is 1. The zero-order valence-corrected chi connectivity index (χ0v) is 17.2. The van der Waals surface area contributed by atoms with Gasteiger partial charge in [-0.05, 0) is 63.4 Å². The first kappa shape index (κ1) is 19.6. The molecule has 6 nitrogen and oxygen atoms in total. The minimum atomic E-state index is -0.519. The highest BCUT2D eigenvalue weighted by atomic mass is 32.1. The van der Waals surface area contributed by atoms with Gasteiger partial charge in [-0.1, -0.05) is 0 Å². The van der Waals surface area contributed by atoms with E-state index >= 15 is 0 Å². The summed E-state index contributed by atoms with van der Waals surface area (Å²) in [4.78, 5) is 27.9. The Morgan fingerprint density at radius 2 is 2.03 bits per heavy atom. The van der Waals surface area contributed by atoms with Crippen molar-refractivity contribution in [2.24, 2.45) is 0 Å². The van der Waals surface area contributed by atoms with Crippen LogP contribution in [0.15, 0.2) is 30.3 Å². The van der Waals surface area contributed by atoms with Crippen LogP contribution in [0.25, 0.3) is 15.9 Å². The van der Waals surface area contributed by atoms with E-state index in [1.165, 1.54) is 23.5 Å². The maximum atomic E-state index is 13.2. The van der Waals surface area contributed by atoms with Crippen molar-refractivity contribution in [3.05, 3.63) is 46.7 Å².